The summed E-state index contributed by atoms with van der Waals surface area (Å²) in [6.45, 7) is 8.34. The normalized spacial score (nSPS) is 21.3. The molecule has 5 heteroatoms. The van der Waals surface area contributed by atoms with E-state index in [0.717, 1.165) is 12.1 Å². The van der Waals surface area contributed by atoms with Crippen molar-refractivity contribution in [1.82, 2.24) is 10.2 Å². The van der Waals surface area contributed by atoms with Crippen molar-refractivity contribution >= 4 is 18.3 Å². The lowest BCUT2D eigenvalue weighted by Gasteiger charge is -2.32. The number of carbonyl (C=O) groups excluding carboxylic acids is 1. The van der Waals surface area contributed by atoms with Crippen LogP contribution in [0.4, 0.5) is 0 Å². The Morgan fingerprint density at radius 2 is 2.00 bits per heavy atom. The predicted octanol–water partition coefficient (Wildman–Crippen LogP) is 2.57. The molecule has 1 aliphatic rings. The maximum atomic E-state index is 12.5. The van der Waals surface area contributed by atoms with Gasteiger partial charge in [0.05, 0.1) is 12.7 Å². The summed E-state index contributed by atoms with van der Waals surface area (Å²) in [5.41, 5.74) is 2.48. The summed E-state index contributed by atoms with van der Waals surface area (Å²) in [6, 6.07) is 8.26. The van der Waals surface area contributed by atoms with Gasteiger partial charge in [-0.1, -0.05) is 38.1 Å². The van der Waals surface area contributed by atoms with Gasteiger partial charge in [-0.15, -0.1) is 12.4 Å². The Morgan fingerprint density at radius 1 is 1.36 bits per heavy atom. The van der Waals surface area contributed by atoms with Crippen LogP contribution in [0.15, 0.2) is 24.3 Å². The third-order valence-corrected chi connectivity index (χ3v) is 4.02. The third-order valence-electron chi connectivity index (χ3n) is 4.02. The van der Waals surface area contributed by atoms with Gasteiger partial charge in [-0.05, 0) is 24.0 Å². The fourth-order valence-electron chi connectivity index (χ4n) is 2.61. The first kappa shape index (κ1) is 18.9. The lowest BCUT2D eigenvalue weighted by molar-refractivity contribution is -0.138. The van der Waals surface area contributed by atoms with Crippen LogP contribution >= 0.6 is 12.4 Å². The van der Waals surface area contributed by atoms with Crippen molar-refractivity contribution in [2.45, 2.75) is 45.4 Å². The van der Waals surface area contributed by atoms with Crippen molar-refractivity contribution in [2.24, 2.45) is 0 Å². The predicted molar refractivity (Wildman–Crippen MR) is 91.5 cm³/mol. The average molecular weight is 327 g/mol. The van der Waals surface area contributed by atoms with Crippen LogP contribution in [0.5, 0.6) is 0 Å². The number of carbonyl (C=O) groups is 1. The van der Waals surface area contributed by atoms with Crippen LogP contribution in [0.3, 0.4) is 0 Å². The first-order valence-electron chi connectivity index (χ1n) is 7.68. The molecule has 1 saturated heterocycles. The quantitative estimate of drug-likeness (QED) is 0.924. The van der Waals surface area contributed by atoms with Crippen molar-refractivity contribution in [3.05, 3.63) is 35.4 Å². The summed E-state index contributed by atoms with van der Waals surface area (Å²) in [4.78, 5) is 14.2. The minimum absolute atomic E-state index is 0. The molecule has 0 unspecified atom stereocenters. The monoisotopic (exact) mass is 326 g/mol. The van der Waals surface area contributed by atoms with E-state index in [1.807, 2.05) is 14.0 Å². The number of benzene rings is 1. The van der Waals surface area contributed by atoms with Gasteiger partial charge in [0.2, 0.25) is 5.91 Å². The van der Waals surface area contributed by atoms with Gasteiger partial charge in [0.15, 0.2) is 0 Å². The first-order valence-corrected chi connectivity index (χ1v) is 7.68. The van der Waals surface area contributed by atoms with Gasteiger partial charge in [0, 0.05) is 20.1 Å². The Balaban J connectivity index is 0.00000242. The molecule has 0 spiro atoms. The van der Waals surface area contributed by atoms with E-state index in [-0.39, 0.29) is 30.5 Å². The number of halogens is 1. The lowest BCUT2D eigenvalue weighted by Crippen LogP contribution is -2.55. The Labute approximate surface area is 139 Å². The molecule has 1 fully saturated rings. The van der Waals surface area contributed by atoms with Gasteiger partial charge in [0.25, 0.3) is 0 Å². The van der Waals surface area contributed by atoms with E-state index in [4.69, 9.17) is 4.74 Å². The van der Waals surface area contributed by atoms with E-state index in [9.17, 15) is 4.79 Å². The number of morpholine rings is 1. The molecule has 1 N–H and O–H groups in total. The minimum atomic E-state index is -0.237. The van der Waals surface area contributed by atoms with Crippen LogP contribution in [0, 0.1) is 0 Å². The van der Waals surface area contributed by atoms with E-state index < -0.39 is 0 Å². The maximum Gasteiger partial charge on any atom is 0.242 e. The number of ether oxygens (including phenoxy) is 1. The summed E-state index contributed by atoms with van der Waals surface area (Å²) in [5, 5.41) is 3.24. The second-order valence-electron chi connectivity index (χ2n) is 6.10. The summed E-state index contributed by atoms with van der Waals surface area (Å²) >= 11 is 0. The molecule has 1 amide bonds. The molecular formula is C17H27ClN2O2. The smallest absolute Gasteiger partial charge is 0.242 e. The number of nitrogens with one attached hydrogen (secondary N) is 1. The molecule has 1 aromatic carbocycles. The van der Waals surface area contributed by atoms with Gasteiger partial charge < -0.3 is 15.0 Å². The molecule has 1 aliphatic heterocycles. The largest absolute Gasteiger partial charge is 0.375 e. The third kappa shape index (κ3) is 4.70. The van der Waals surface area contributed by atoms with E-state index in [0.29, 0.717) is 19.1 Å². The second kappa shape index (κ2) is 8.51. The highest BCUT2D eigenvalue weighted by Gasteiger charge is 2.30. The van der Waals surface area contributed by atoms with Crippen LogP contribution in [0.1, 0.15) is 37.8 Å². The molecule has 1 heterocycles. The zero-order valence-corrected chi connectivity index (χ0v) is 14.7. The van der Waals surface area contributed by atoms with Crippen LogP contribution in [-0.4, -0.2) is 43.2 Å². The molecule has 2 atom stereocenters. The van der Waals surface area contributed by atoms with Crippen molar-refractivity contribution in [2.75, 3.05) is 20.2 Å². The number of hydrogen-bond acceptors (Lipinski definition) is 3. The Bertz CT molecular complexity index is 476. The van der Waals surface area contributed by atoms with Crippen molar-refractivity contribution in [1.29, 1.82) is 0 Å². The SMILES string of the molecule is CC(C)c1ccc(CN(C)C(=O)[C@H]2NCCO[C@@H]2C)cc1.Cl. The molecule has 0 radical (unpaired) electrons. The molecule has 124 valence electrons. The summed E-state index contributed by atoms with van der Waals surface area (Å²) in [6.07, 6.45) is -0.0722. The molecule has 22 heavy (non-hydrogen) atoms. The zero-order chi connectivity index (χ0) is 15.4. The van der Waals surface area contributed by atoms with Gasteiger partial charge in [0.1, 0.15) is 6.04 Å². The molecule has 0 aliphatic carbocycles. The van der Waals surface area contributed by atoms with Gasteiger partial charge >= 0.3 is 0 Å². The van der Waals surface area contributed by atoms with Crippen molar-refractivity contribution in [3.8, 4) is 0 Å². The molecule has 0 aromatic heterocycles. The van der Waals surface area contributed by atoms with E-state index in [2.05, 4.69) is 43.4 Å². The van der Waals surface area contributed by atoms with E-state index in [1.54, 1.807) is 4.90 Å². The van der Waals surface area contributed by atoms with Crippen molar-refractivity contribution in [3.63, 3.8) is 0 Å². The Hall–Kier alpha value is -1.10. The van der Waals surface area contributed by atoms with E-state index >= 15 is 0 Å². The van der Waals surface area contributed by atoms with Gasteiger partial charge in [-0.2, -0.15) is 0 Å². The fraction of sp³-hybridized carbons (Fsp3) is 0.588. The number of nitrogens with zero attached hydrogens (tertiary/aromatic N) is 1. The highest BCUT2D eigenvalue weighted by Crippen LogP contribution is 2.16. The lowest BCUT2D eigenvalue weighted by atomic mass is 10.0. The second-order valence-corrected chi connectivity index (χ2v) is 6.10. The first-order chi connectivity index (χ1) is 9.99. The number of likely N-dealkylation sites (N-methyl/N-ethyl adjacent to an activating group) is 1. The topological polar surface area (TPSA) is 41.6 Å². The van der Waals surface area contributed by atoms with E-state index in [1.165, 1.54) is 5.56 Å². The Morgan fingerprint density at radius 3 is 2.55 bits per heavy atom. The zero-order valence-electron chi connectivity index (χ0n) is 13.8. The molecule has 2 rings (SSSR count). The van der Waals surface area contributed by atoms with Gasteiger partial charge in [-0.25, -0.2) is 0 Å². The molecule has 0 bridgehead atoms. The summed E-state index contributed by atoms with van der Waals surface area (Å²) < 4.78 is 5.54. The number of hydrogen-bond donors (Lipinski definition) is 1. The molecule has 0 saturated carbocycles. The standard InChI is InChI=1S/C17H26N2O2.ClH/c1-12(2)15-7-5-14(6-8-15)11-19(4)17(20)16-13(3)21-10-9-18-16;/h5-8,12-13,16,18H,9-11H2,1-4H3;1H/t13-,16+;/m1./s1. The molecular weight excluding hydrogens is 300 g/mol. The fourth-order valence-corrected chi connectivity index (χ4v) is 2.61. The van der Waals surface area contributed by atoms with Crippen molar-refractivity contribution < 1.29 is 9.53 Å². The average Bonchev–Trinajstić information content (AvgIpc) is 2.47. The molecule has 1 aromatic rings. The summed E-state index contributed by atoms with van der Waals surface area (Å²) in [7, 11) is 1.85. The van der Waals surface area contributed by atoms with Gasteiger partial charge in [-0.3, -0.25) is 4.79 Å². The van der Waals surface area contributed by atoms with Crippen LogP contribution in [-0.2, 0) is 16.1 Å². The highest BCUT2D eigenvalue weighted by molar-refractivity contribution is 5.85. The number of amides is 1. The summed E-state index contributed by atoms with van der Waals surface area (Å²) in [5.74, 6) is 0.623. The Kier molecular flexibility index (Phi) is 7.33. The maximum absolute atomic E-state index is 12.5. The van der Waals surface area contributed by atoms with Crippen LogP contribution in [0.2, 0.25) is 0 Å². The number of rotatable bonds is 4. The van der Waals surface area contributed by atoms with Crippen LogP contribution in [0.25, 0.3) is 0 Å². The highest BCUT2D eigenvalue weighted by atomic mass is 35.5. The molecule has 4 nitrogen and oxygen atoms in total. The van der Waals surface area contributed by atoms with Crippen LogP contribution < -0.4 is 5.32 Å². The minimum Gasteiger partial charge on any atom is -0.375 e.